The number of nitrogens with one attached hydrogen (secondary N) is 1. The molecule has 0 spiro atoms. The minimum atomic E-state index is -3.90. The number of anilines is 1. The molecule has 0 amide bonds. The first-order valence-corrected chi connectivity index (χ1v) is 9.27. The molecule has 0 aromatic heterocycles. The molecule has 6 heteroatoms. The second-order valence-electron chi connectivity index (χ2n) is 6.37. The Hall–Kier alpha value is -1.98. The number of hydrogen-bond donors (Lipinski definition) is 1. The second kappa shape index (κ2) is 5.83. The highest BCUT2D eigenvalue weighted by Crippen LogP contribution is 2.36. The van der Waals surface area contributed by atoms with Crippen LogP contribution in [0.3, 0.4) is 0 Å². The summed E-state index contributed by atoms with van der Waals surface area (Å²) >= 11 is 5.79. The summed E-state index contributed by atoms with van der Waals surface area (Å²) < 4.78 is 30.0. The predicted molar refractivity (Wildman–Crippen MR) is 97.1 cm³/mol. The molecule has 1 heterocycles. The third kappa shape index (κ3) is 3.42. The van der Waals surface area contributed by atoms with Gasteiger partial charge < -0.3 is 9.50 Å². The van der Waals surface area contributed by atoms with Gasteiger partial charge in [0, 0.05) is 16.3 Å². The second-order valence-corrected chi connectivity index (χ2v) is 8.36. The van der Waals surface area contributed by atoms with E-state index in [0.717, 1.165) is 16.8 Å². The zero-order valence-electron chi connectivity index (χ0n) is 13.6. The van der Waals surface area contributed by atoms with Crippen molar-refractivity contribution in [1.82, 2.24) is 0 Å². The number of benzene rings is 2. The Morgan fingerprint density at radius 3 is 2.42 bits per heavy atom. The van der Waals surface area contributed by atoms with Gasteiger partial charge in [-0.15, -0.1) is 0 Å². The lowest BCUT2D eigenvalue weighted by Gasteiger charge is -2.31. The van der Waals surface area contributed by atoms with Gasteiger partial charge in [0.2, 0.25) is 0 Å². The third-order valence-corrected chi connectivity index (χ3v) is 5.27. The molecule has 2 aromatic rings. The summed E-state index contributed by atoms with van der Waals surface area (Å²) in [6.45, 7) is 6.16. The molecule has 2 aromatic carbocycles. The molecule has 1 aliphatic heterocycles. The van der Waals surface area contributed by atoms with Crippen LogP contribution in [0.4, 0.5) is 5.69 Å². The maximum absolute atomic E-state index is 12.4. The molecule has 126 valence electrons. The van der Waals surface area contributed by atoms with Gasteiger partial charge in [-0.3, -0.25) is 0 Å². The average molecular weight is 364 g/mol. The molecule has 0 saturated carbocycles. The smallest absolute Gasteiger partial charge is 0.339 e. The van der Waals surface area contributed by atoms with E-state index in [9.17, 15) is 8.42 Å². The van der Waals surface area contributed by atoms with Crippen LogP contribution >= 0.6 is 11.6 Å². The van der Waals surface area contributed by atoms with Crippen LogP contribution in [0.15, 0.2) is 53.4 Å². The van der Waals surface area contributed by atoms with Gasteiger partial charge in [0.1, 0.15) is 10.6 Å². The molecular weight excluding hydrogens is 346 g/mol. The topological polar surface area (TPSA) is 55.4 Å². The maximum atomic E-state index is 12.4. The lowest BCUT2D eigenvalue weighted by Crippen LogP contribution is -2.31. The fraction of sp³-hybridized carbons (Fsp3) is 0.222. The van der Waals surface area contributed by atoms with Crippen LogP contribution in [0.1, 0.15) is 26.3 Å². The van der Waals surface area contributed by atoms with Crippen molar-refractivity contribution in [2.24, 2.45) is 0 Å². The van der Waals surface area contributed by atoms with Crippen LogP contribution in [0.5, 0.6) is 5.75 Å². The Labute approximate surface area is 147 Å². The summed E-state index contributed by atoms with van der Waals surface area (Å²) in [5.74, 6) is 0.276. The normalized spacial score (nSPS) is 15.9. The summed E-state index contributed by atoms with van der Waals surface area (Å²) in [6, 6.07) is 11.1. The highest BCUT2D eigenvalue weighted by molar-refractivity contribution is 7.87. The SMILES string of the molecule is CC1=CC(C)(C)Nc2ccc(OS(=O)(=O)c3ccc(Cl)cc3)cc21. The summed E-state index contributed by atoms with van der Waals surface area (Å²) in [7, 11) is -3.90. The van der Waals surface area contributed by atoms with Crippen molar-refractivity contribution in [2.75, 3.05) is 5.32 Å². The Kier molecular flexibility index (Phi) is 4.10. The minimum Gasteiger partial charge on any atom is -0.379 e. The molecule has 0 saturated heterocycles. The van der Waals surface area contributed by atoms with Gasteiger partial charge in [-0.1, -0.05) is 17.7 Å². The van der Waals surface area contributed by atoms with Crippen LogP contribution in [0.2, 0.25) is 5.02 Å². The van der Waals surface area contributed by atoms with Gasteiger partial charge in [-0.25, -0.2) is 0 Å². The summed E-state index contributed by atoms with van der Waals surface area (Å²) in [4.78, 5) is 0.0659. The molecule has 3 rings (SSSR count). The molecule has 0 bridgehead atoms. The van der Waals surface area contributed by atoms with Crippen molar-refractivity contribution < 1.29 is 12.6 Å². The van der Waals surface area contributed by atoms with E-state index in [1.165, 1.54) is 24.3 Å². The van der Waals surface area contributed by atoms with Crippen molar-refractivity contribution in [3.05, 3.63) is 59.1 Å². The van der Waals surface area contributed by atoms with E-state index in [4.69, 9.17) is 15.8 Å². The average Bonchev–Trinajstić information content (AvgIpc) is 2.47. The molecule has 24 heavy (non-hydrogen) atoms. The minimum absolute atomic E-state index is 0.0659. The molecule has 0 unspecified atom stereocenters. The maximum Gasteiger partial charge on any atom is 0.339 e. The monoisotopic (exact) mass is 363 g/mol. The first-order chi connectivity index (χ1) is 11.2. The molecule has 0 atom stereocenters. The van der Waals surface area contributed by atoms with Crippen molar-refractivity contribution in [3.63, 3.8) is 0 Å². The zero-order chi connectivity index (χ0) is 17.5. The lowest BCUT2D eigenvalue weighted by atomic mass is 9.91. The quantitative estimate of drug-likeness (QED) is 0.802. The molecular formula is C18H18ClNO3S. The van der Waals surface area contributed by atoms with Gasteiger partial charge in [0.05, 0.1) is 5.54 Å². The van der Waals surface area contributed by atoms with Crippen molar-refractivity contribution in [2.45, 2.75) is 31.2 Å². The number of allylic oxidation sites excluding steroid dienone is 1. The van der Waals surface area contributed by atoms with Gasteiger partial charge in [-0.2, -0.15) is 8.42 Å². The number of fused-ring (bicyclic) bond motifs is 1. The molecule has 4 nitrogen and oxygen atoms in total. The fourth-order valence-corrected chi connectivity index (χ4v) is 3.84. The summed E-state index contributed by atoms with van der Waals surface area (Å²) in [5, 5.41) is 3.87. The van der Waals surface area contributed by atoms with E-state index in [1.54, 1.807) is 12.1 Å². The first-order valence-electron chi connectivity index (χ1n) is 7.48. The molecule has 1 N–H and O–H groups in total. The van der Waals surface area contributed by atoms with Crippen LogP contribution in [-0.4, -0.2) is 14.0 Å². The molecule has 0 fully saturated rings. The van der Waals surface area contributed by atoms with Crippen molar-refractivity contribution >= 4 is 33.0 Å². The van der Waals surface area contributed by atoms with Gasteiger partial charge in [0.25, 0.3) is 0 Å². The third-order valence-electron chi connectivity index (χ3n) is 3.76. The highest BCUT2D eigenvalue weighted by atomic mass is 35.5. The number of hydrogen-bond acceptors (Lipinski definition) is 4. The highest BCUT2D eigenvalue weighted by Gasteiger charge is 2.24. The Morgan fingerprint density at radius 1 is 1.08 bits per heavy atom. The van der Waals surface area contributed by atoms with E-state index in [2.05, 4.69) is 25.2 Å². The predicted octanol–water partition coefficient (Wildman–Crippen LogP) is 4.72. The molecule has 0 aliphatic carbocycles. The lowest BCUT2D eigenvalue weighted by molar-refractivity contribution is 0.486. The van der Waals surface area contributed by atoms with E-state index in [0.29, 0.717) is 5.02 Å². The van der Waals surface area contributed by atoms with Crippen molar-refractivity contribution in [1.29, 1.82) is 0 Å². The number of halogens is 1. The van der Waals surface area contributed by atoms with Gasteiger partial charge >= 0.3 is 10.1 Å². The van der Waals surface area contributed by atoms with Gasteiger partial charge in [0.15, 0.2) is 0 Å². The van der Waals surface area contributed by atoms with E-state index >= 15 is 0 Å². The van der Waals surface area contributed by atoms with E-state index in [1.807, 2.05) is 13.0 Å². The number of rotatable bonds is 3. The van der Waals surface area contributed by atoms with Crippen LogP contribution in [-0.2, 0) is 10.1 Å². The fourth-order valence-electron chi connectivity index (χ4n) is 2.79. The summed E-state index contributed by atoms with van der Waals surface area (Å²) in [6.07, 6.45) is 2.10. The standard InChI is InChI=1S/C18H18ClNO3S/c1-12-11-18(2,3)20-17-9-6-14(10-16(12)17)23-24(21,22)15-7-4-13(19)5-8-15/h4-11,20H,1-3H3. The van der Waals surface area contributed by atoms with E-state index < -0.39 is 10.1 Å². The first kappa shape index (κ1) is 16.9. The Morgan fingerprint density at radius 2 is 1.75 bits per heavy atom. The Bertz CT molecular complexity index is 916. The zero-order valence-corrected chi connectivity index (χ0v) is 15.2. The van der Waals surface area contributed by atoms with Gasteiger partial charge in [-0.05, 0) is 68.8 Å². The van der Waals surface area contributed by atoms with Crippen LogP contribution < -0.4 is 9.50 Å². The largest absolute Gasteiger partial charge is 0.379 e. The molecule has 0 radical (unpaired) electrons. The van der Waals surface area contributed by atoms with Crippen molar-refractivity contribution in [3.8, 4) is 5.75 Å². The summed E-state index contributed by atoms with van der Waals surface area (Å²) in [5.41, 5.74) is 2.81. The Balaban J connectivity index is 1.92. The van der Waals surface area contributed by atoms with E-state index in [-0.39, 0.29) is 16.2 Å². The molecule has 1 aliphatic rings. The van der Waals surface area contributed by atoms with Crippen LogP contribution in [0, 0.1) is 0 Å². The van der Waals surface area contributed by atoms with Crippen LogP contribution in [0.25, 0.3) is 5.57 Å².